The molecule has 1 aromatic rings. The highest BCUT2D eigenvalue weighted by Gasteiger charge is 2.33. The van der Waals surface area contributed by atoms with Crippen molar-refractivity contribution in [1.82, 2.24) is 4.90 Å². The number of rotatable bonds is 3. The van der Waals surface area contributed by atoms with Gasteiger partial charge in [-0.1, -0.05) is 23.4 Å². The Morgan fingerprint density at radius 1 is 1.50 bits per heavy atom. The number of oxime groups is 1. The van der Waals surface area contributed by atoms with E-state index in [1.54, 1.807) is 17.0 Å². The highest BCUT2D eigenvalue weighted by molar-refractivity contribution is 6.00. The van der Waals surface area contributed by atoms with Gasteiger partial charge in [-0.2, -0.15) is 0 Å². The molecular weight excluding hydrogens is 232 g/mol. The van der Waals surface area contributed by atoms with Gasteiger partial charge in [0.2, 0.25) is 0 Å². The minimum absolute atomic E-state index is 0.0681. The van der Waals surface area contributed by atoms with Crippen molar-refractivity contribution >= 4 is 11.6 Å². The minimum Gasteiger partial charge on any atom is -0.399 e. The van der Waals surface area contributed by atoms with Crippen LogP contribution < -0.4 is 0 Å². The van der Waals surface area contributed by atoms with Crippen molar-refractivity contribution < 1.29 is 14.7 Å². The van der Waals surface area contributed by atoms with Crippen molar-refractivity contribution in [3.63, 3.8) is 0 Å². The van der Waals surface area contributed by atoms with Crippen molar-refractivity contribution in [3.05, 3.63) is 35.9 Å². The second kappa shape index (κ2) is 5.64. The van der Waals surface area contributed by atoms with Gasteiger partial charge in [0.05, 0.1) is 24.9 Å². The van der Waals surface area contributed by atoms with Crippen LogP contribution in [0.25, 0.3) is 0 Å². The van der Waals surface area contributed by atoms with E-state index in [2.05, 4.69) is 5.16 Å². The zero-order chi connectivity index (χ0) is 13.0. The predicted molar refractivity (Wildman–Crippen MR) is 67.4 cm³/mol. The Morgan fingerprint density at radius 3 is 2.83 bits per heavy atom. The molecule has 0 unspecified atom stereocenters. The first-order chi connectivity index (χ1) is 8.76. The first-order valence-electron chi connectivity index (χ1n) is 5.82. The predicted octanol–water partition coefficient (Wildman–Crippen LogP) is 0.896. The molecule has 96 valence electrons. The van der Waals surface area contributed by atoms with Gasteiger partial charge in [-0.05, 0) is 12.1 Å². The van der Waals surface area contributed by atoms with Crippen molar-refractivity contribution in [2.45, 2.75) is 12.5 Å². The quantitative estimate of drug-likeness (QED) is 0.808. The van der Waals surface area contributed by atoms with E-state index in [9.17, 15) is 9.90 Å². The van der Waals surface area contributed by atoms with Crippen molar-refractivity contribution in [1.29, 1.82) is 0 Å². The fourth-order valence-electron chi connectivity index (χ4n) is 2.11. The molecule has 1 aromatic carbocycles. The van der Waals surface area contributed by atoms with E-state index in [-0.39, 0.29) is 18.6 Å². The molecule has 0 saturated carbocycles. The number of benzene rings is 1. The van der Waals surface area contributed by atoms with Crippen LogP contribution >= 0.6 is 0 Å². The number of aliphatic hydroxyl groups is 1. The van der Waals surface area contributed by atoms with Crippen LogP contribution in [0, 0.1) is 0 Å². The Hall–Kier alpha value is -1.88. The van der Waals surface area contributed by atoms with Gasteiger partial charge >= 0.3 is 0 Å². The van der Waals surface area contributed by atoms with Gasteiger partial charge in [0.1, 0.15) is 7.11 Å². The topological polar surface area (TPSA) is 62.1 Å². The lowest BCUT2D eigenvalue weighted by molar-refractivity contribution is 0.0680. The molecule has 1 N–H and O–H groups in total. The summed E-state index contributed by atoms with van der Waals surface area (Å²) >= 11 is 0. The zero-order valence-electron chi connectivity index (χ0n) is 10.2. The van der Waals surface area contributed by atoms with Crippen molar-refractivity contribution in [2.24, 2.45) is 5.16 Å². The molecule has 18 heavy (non-hydrogen) atoms. The molecule has 1 saturated heterocycles. The molecule has 2 rings (SSSR count). The summed E-state index contributed by atoms with van der Waals surface area (Å²) < 4.78 is 0. The molecule has 1 fully saturated rings. The lowest BCUT2D eigenvalue weighted by Gasteiger charge is -2.22. The molecule has 1 aliphatic heterocycles. The lowest BCUT2D eigenvalue weighted by atomic mass is 10.2. The van der Waals surface area contributed by atoms with Gasteiger partial charge in [0.15, 0.2) is 0 Å². The average Bonchev–Trinajstić information content (AvgIpc) is 2.82. The second-order valence-corrected chi connectivity index (χ2v) is 4.18. The van der Waals surface area contributed by atoms with Crippen LogP contribution in [-0.2, 0) is 4.84 Å². The van der Waals surface area contributed by atoms with E-state index >= 15 is 0 Å². The van der Waals surface area contributed by atoms with E-state index in [0.717, 1.165) is 5.71 Å². The summed E-state index contributed by atoms with van der Waals surface area (Å²) in [5.41, 5.74) is 1.40. The fraction of sp³-hybridized carbons (Fsp3) is 0.385. The van der Waals surface area contributed by atoms with E-state index in [4.69, 9.17) is 4.84 Å². The van der Waals surface area contributed by atoms with Crippen LogP contribution in [0.5, 0.6) is 0 Å². The largest absolute Gasteiger partial charge is 0.399 e. The summed E-state index contributed by atoms with van der Waals surface area (Å²) in [6.45, 7) is 0.341. The van der Waals surface area contributed by atoms with Crippen LogP contribution in [0.4, 0.5) is 0 Å². The second-order valence-electron chi connectivity index (χ2n) is 4.18. The third-order valence-corrected chi connectivity index (χ3v) is 2.98. The van der Waals surface area contributed by atoms with Crippen LogP contribution in [0.15, 0.2) is 35.5 Å². The Kier molecular flexibility index (Phi) is 3.94. The highest BCUT2D eigenvalue weighted by Crippen LogP contribution is 2.18. The van der Waals surface area contributed by atoms with Gasteiger partial charge in [0.25, 0.3) is 5.91 Å². The molecule has 1 amide bonds. The molecule has 5 heteroatoms. The van der Waals surface area contributed by atoms with Crippen LogP contribution in [0.1, 0.15) is 16.8 Å². The van der Waals surface area contributed by atoms with Gasteiger partial charge in [-0.15, -0.1) is 0 Å². The lowest BCUT2D eigenvalue weighted by Crippen LogP contribution is -2.37. The normalized spacial score (nSPS) is 21.3. The SMILES string of the molecule is CON=C1C[C@@H](CO)N(C(=O)c2ccccc2)C1. The van der Waals surface area contributed by atoms with Crippen LogP contribution in [0.3, 0.4) is 0 Å². The number of hydrogen-bond donors (Lipinski definition) is 1. The standard InChI is InChI=1S/C13H16N2O3/c1-18-14-11-7-12(9-16)15(8-11)13(17)10-5-3-2-4-6-10/h2-6,12,16H,7-9H2,1H3/t12-/m0/s1. The maximum absolute atomic E-state index is 12.3. The molecule has 1 heterocycles. The number of amides is 1. The van der Waals surface area contributed by atoms with Crippen LogP contribution in [-0.4, -0.2) is 47.9 Å². The summed E-state index contributed by atoms with van der Waals surface area (Å²) in [5.74, 6) is -0.0871. The van der Waals surface area contributed by atoms with Gasteiger partial charge in [-0.25, -0.2) is 0 Å². The molecule has 1 atom stereocenters. The molecular formula is C13H16N2O3. The number of carbonyl (C=O) groups is 1. The summed E-state index contributed by atoms with van der Waals surface area (Å²) in [4.78, 5) is 18.6. The van der Waals surface area contributed by atoms with Crippen LogP contribution in [0.2, 0.25) is 0 Å². The van der Waals surface area contributed by atoms with Gasteiger partial charge < -0.3 is 14.8 Å². The van der Waals surface area contributed by atoms with E-state index < -0.39 is 0 Å². The number of nitrogens with zero attached hydrogens (tertiary/aromatic N) is 2. The fourth-order valence-corrected chi connectivity index (χ4v) is 2.11. The Labute approximate surface area is 106 Å². The number of likely N-dealkylation sites (tertiary alicyclic amines) is 1. The maximum atomic E-state index is 12.3. The molecule has 0 aliphatic carbocycles. The smallest absolute Gasteiger partial charge is 0.254 e. The summed E-state index contributed by atoms with van der Waals surface area (Å²) in [5, 5.41) is 13.2. The third kappa shape index (κ3) is 2.51. The molecule has 0 aromatic heterocycles. The van der Waals surface area contributed by atoms with E-state index in [1.165, 1.54) is 7.11 Å². The van der Waals surface area contributed by atoms with Gasteiger partial charge in [0, 0.05) is 12.0 Å². The molecule has 0 radical (unpaired) electrons. The number of carbonyl (C=O) groups excluding carboxylic acids is 1. The first-order valence-corrected chi connectivity index (χ1v) is 5.82. The zero-order valence-corrected chi connectivity index (χ0v) is 10.2. The van der Waals surface area contributed by atoms with E-state index in [1.807, 2.05) is 18.2 Å². The Balaban J connectivity index is 2.17. The monoisotopic (exact) mass is 248 g/mol. The summed E-state index contributed by atoms with van der Waals surface area (Å²) in [7, 11) is 1.47. The van der Waals surface area contributed by atoms with E-state index in [0.29, 0.717) is 18.5 Å². The number of hydrogen-bond acceptors (Lipinski definition) is 4. The Bertz CT molecular complexity index is 445. The minimum atomic E-state index is -0.216. The molecule has 0 spiro atoms. The average molecular weight is 248 g/mol. The first kappa shape index (κ1) is 12.6. The number of aliphatic hydroxyl groups excluding tert-OH is 1. The van der Waals surface area contributed by atoms with Crippen molar-refractivity contribution in [2.75, 3.05) is 20.3 Å². The van der Waals surface area contributed by atoms with Gasteiger partial charge in [-0.3, -0.25) is 4.79 Å². The Morgan fingerprint density at radius 2 is 2.22 bits per heavy atom. The summed E-state index contributed by atoms with van der Waals surface area (Å²) in [6.07, 6.45) is 0.558. The molecule has 5 nitrogen and oxygen atoms in total. The summed E-state index contributed by atoms with van der Waals surface area (Å²) in [6, 6.07) is 8.82. The third-order valence-electron chi connectivity index (χ3n) is 2.98. The maximum Gasteiger partial charge on any atom is 0.254 e. The molecule has 0 bridgehead atoms. The molecule has 1 aliphatic rings. The van der Waals surface area contributed by atoms with Crippen molar-refractivity contribution in [3.8, 4) is 0 Å². The highest BCUT2D eigenvalue weighted by atomic mass is 16.6.